The number of ether oxygens (including phenoxy) is 2. The highest BCUT2D eigenvalue weighted by molar-refractivity contribution is 5.82. The Morgan fingerprint density at radius 2 is 1.14 bits per heavy atom. The number of carboxylic acid groups (broad SMARTS) is 2. The van der Waals surface area contributed by atoms with Gasteiger partial charge in [-0.1, -0.05) is 0 Å². The highest BCUT2D eigenvalue weighted by Gasteiger charge is 2.72. The molecule has 0 aliphatic carbocycles. The van der Waals surface area contributed by atoms with Crippen molar-refractivity contribution in [2.75, 3.05) is 0 Å². The molecule has 2 N–H and O–H groups in total. The highest BCUT2D eigenvalue weighted by atomic mass is 16.7. The monoisotopic (exact) mass is 200 g/mol. The molecule has 0 unspecified atom stereocenters. The largest absolute Gasteiger partial charge is 0.481 e. The Hall–Kier alpha value is -1.14. The summed E-state index contributed by atoms with van der Waals surface area (Å²) in [5.74, 6) is -4.14. The molecule has 2 bridgehead atoms. The summed E-state index contributed by atoms with van der Waals surface area (Å²) in [5.41, 5.74) is 0. The third-order valence-corrected chi connectivity index (χ3v) is 3.19. The standard InChI is InChI=1S/C8H8O6/c9-7(10)1-2(8(11)12)4-6-5(14-6)3(1)13-4/h1-6H,(H,9,10)(H,11,12)/t1-,2+,3-,4+,5+,6-. The van der Waals surface area contributed by atoms with Crippen molar-refractivity contribution >= 4 is 11.9 Å². The predicted octanol–water partition coefficient (Wildman–Crippen LogP) is -1.06. The molecule has 3 aliphatic heterocycles. The van der Waals surface area contributed by atoms with Gasteiger partial charge in [0.2, 0.25) is 0 Å². The fraction of sp³-hybridized carbons (Fsp3) is 0.750. The molecule has 76 valence electrons. The summed E-state index contributed by atoms with van der Waals surface area (Å²) in [5, 5.41) is 17.8. The van der Waals surface area contributed by atoms with Crippen LogP contribution in [0.3, 0.4) is 0 Å². The minimum Gasteiger partial charge on any atom is -0.481 e. The van der Waals surface area contributed by atoms with Crippen LogP contribution in [0, 0.1) is 11.8 Å². The average Bonchev–Trinajstić information content (AvgIpc) is 2.71. The van der Waals surface area contributed by atoms with Gasteiger partial charge in [0.1, 0.15) is 36.3 Å². The maximum absolute atomic E-state index is 10.9. The SMILES string of the molecule is O=C(O)[C@@H]1[C@@H]2O[C@@H]([C@@H]3O[C@@H]32)[C@@H]1C(=O)O. The lowest BCUT2D eigenvalue weighted by Crippen LogP contribution is -2.41. The van der Waals surface area contributed by atoms with Gasteiger partial charge in [-0.25, -0.2) is 0 Å². The Balaban J connectivity index is 1.95. The molecule has 3 rings (SSSR count). The molecule has 3 aliphatic rings. The molecule has 0 aromatic rings. The Morgan fingerprint density at radius 1 is 0.786 bits per heavy atom. The van der Waals surface area contributed by atoms with Gasteiger partial charge in [-0.2, -0.15) is 0 Å². The zero-order valence-corrected chi connectivity index (χ0v) is 6.99. The van der Waals surface area contributed by atoms with Crippen molar-refractivity contribution in [2.45, 2.75) is 24.4 Å². The smallest absolute Gasteiger partial charge is 0.310 e. The van der Waals surface area contributed by atoms with E-state index in [0.717, 1.165) is 0 Å². The second-order valence-corrected chi connectivity index (χ2v) is 3.86. The first kappa shape index (κ1) is 8.19. The molecule has 3 saturated heterocycles. The Kier molecular flexibility index (Phi) is 1.32. The van der Waals surface area contributed by atoms with Crippen molar-refractivity contribution in [1.29, 1.82) is 0 Å². The third-order valence-electron chi connectivity index (χ3n) is 3.19. The first-order valence-corrected chi connectivity index (χ1v) is 4.38. The van der Waals surface area contributed by atoms with Crippen molar-refractivity contribution in [3.63, 3.8) is 0 Å². The number of carboxylic acids is 2. The maximum Gasteiger partial charge on any atom is 0.310 e. The minimum absolute atomic E-state index is 0.184. The van der Waals surface area contributed by atoms with Crippen LogP contribution in [-0.2, 0) is 19.1 Å². The van der Waals surface area contributed by atoms with Crippen LogP contribution < -0.4 is 0 Å². The Bertz CT molecular complexity index is 296. The molecule has 0 aromatic heterocycles. The molecule has 3 fully saturated rings. The van der Waals surface area contributed by atoms with Crippen molar-refractivity contribution in [2.24, 2.45) is 11.8 Å². The second kappa shape index (κ2) is 2.26. The average molecular weight is 200 g/mol. The lowest BCUT2D eigenvalue weighted by atomic mass is 9.79. The quantitative estimate of drug-likeness (QED) is 0.551. The van der Waals surface area contributed by atoms with E-state index < -0.39 is 36.0 Å². The van der Waals surface area contributed by atoms with Crippen molar-refractivity contribution in [3.8, 4) is 0 Å². The highest BCUT2D eigenvalue weighted by Crippen LogP contribution is 2.53. The summed E-state index contributed by atoms with van der Waals surface area (Å²) in [7, 11) is 0. The number of aliphatic carboxylic acids is 2. The third kappa shape index (κ3) is 0.777. The zero-order chi connectivity index (χ0) is 10.0. The molecular formula is C8H8O6. The Morgan fingerprint density at radius 3 is 1.50 bits per heavy atom. The van der Waals surface area contributed by atoms with Gasteiger partial charge in [-0.15, -0.1) is 0 Å². The summed E-state index contributed by atoms with van der Waals surface area (Å²) in [6.45, 7) is 0. The number of epoxide rings is 1. The van der Waals surface area contributed by atoms with Gasteiger partial charge in [0, 0.05) is 0 Å². The molecule has 6 heteroatoms. The summed E-state index contributed by atoms with van der Waals surface area (Å²) >= 11 is 0. The zero-order valence-electron chi connectivity index (χ0n) is 6.99. The van der Waals surface area contributed by atoms with Gasteiger partial charge < -0.3 is 19.7 Å². The number of carbonyl (C=O) groups is 2. The van der Waals surface area contributed by atoms with Crippen LogP contribution in [0.25, 0.3) is 0 Å². The van der Waals surface area contributed by atoms with Crippen LogP contribution >= 0.6 is 0 Å². The van der Waals surface area contributed by atoms with E-state index in [1.165, 1.54) is 0 Å². The molecule has 0 radical (unpaired) electrons. The van der Waals surface area contributed by atoms with E-state index in [1.807, 2.05) is 0 Å². The van der Waals surface area contributed by atoms with Gasteiger partial charge in [-0.05, 0) is 0 Å². The van der Waals surface area contributed by atoms with Crippen molar-refractivity contribution < 1.29 is 29.3 Å². The van der Waals surface area contributed by atoms with Gasteiger partial charge in [0.05, 0.1) is 0 Å². The molecule has 6 atom stereocenters. The molecule has 6 nitrogen and oxygen atoms in total. The fourth-order valence-electron chi connectivity index (χ4n) is 2.58. The van der Waals surface area contributed by atoms with Gasteiger partial charge >= 0.3 is 11.9 Å². The summed E-state index contributed by atoms with van der Waals surface area (Å²) in [6, 6.07) is 0. The Labute approximate surface area is 78.4 Å². The van der Waals surface area contributed by atoms with E-state index in [1.54, 1.807) is 0 Å². The summed E-state index contributed by atoms with van der Waals surface area (Å²) < 4.78 is 10.4. The number of hydrogen-bond donors (Lipinski definition) is 2. The van der Waals surface area contributed by atoms with Crippen LogP contribution in [0.2, 0.25) is 0 Å². The molecule has 3 heterocycles. The molecule has 14 heavy (non-hydrogen) atoms. The number of rotatable bonds is 2. The van der Waals surface area contributed by atoms with E-state index in [-0.39, 0.29) is 12.2 Å². The first-order chi connectivity index (χ1) is 6.61. The first-order valence-electron chi connectivity index (χ1n) is 4.38. The van der Waals surface area contributed by atoms with Crippen LogP contribution in [-0.4, -0.2) is 46.6 Å². The van der Waals surface area contributed by atoms with Crippen LogP contribution in [0.15, 0.2) is 0 Å². The molecule has 0 amide bonds. The lowest BCUT2D eigenvalue weighted by molar-refractivity contribution is -0.153. The van der Waals surface area contributed by atoms with E-state index >= 15 is 0 Å². The minimum atomic E-state index is -1.11. The van der Waals surface area contributed by atoms with E-state index in [0.29, 0.717) is 0 Å². The maximum atomic E-state index is 10.9. The van der Waals surface area contributed by atoms with Gasteiger partial charge in [0.15, 0.2) is 0 Å². The second-order valence-electron chi connectivity index (χ2n) is 3.86. The van der Waals surface area contributed by atoms with E-state index in [9.17, 15) is 9.59 Å². The number of fused-ring (bicyclic) bond motifs is 5. The van der Waals surface area contributed by atoms with Crippen LogP contribution in [0.5, 0.6) is 0 Å². The fourth-order valence-corrected chi connectivity index (χ4v) is 2.58. The van der Waals surface area contributed by atoms with Gasteiger partial charge in [0.25, 0.3) is 0 Å². The number of hydrogen-bond acceptors (Lipinski definition) is 4. The normalized spacial score (nSPS) is 52.9. The van der Waals surface area contributed by atoms with Crippen LogP contribution in [0.4, 0.5) is 0 Å². The molecule has 0 aromatic carbocycles. The predicted molar refractivity (Wildman–Crippen MR) is 39.6 cm³/mol. The van der Waals surface area contributed by atoms with Crippen molar-refractivity contribution in [1.82, 2.24) is 0 Å². The topological polar surface area (TPSA) is 96.4 Å². The van der Waals surface area contributed by atoms with Crippen molar-refractivity contribution in [3.05, 3.63) is 0 Å². The van der Waals surface area contributed by atoms with E-state index in [2.05, 4.69) is 0 Å². The van der Waals surface area contributed by atoms with Gasteiger partial charge in [-0.3, -0.25) is 9.59 Å². The molecule has 0 spiro atoms. The summed E-state index contributed by atoms with van der Waals surface area (Å²) in [4.78, 5) is 21.7. The van der Waals surface area contributed by atoms with Crippen LogP contribution in [0.1, 0.15) is 0 Å². The van der Waals surface area contributed by atoms with E-state index in [4.69, 9.17) is 19.7 Å². The lowest BCUT2D eigenvalue weighted by Gasteiger charge is -2.17. The molecular weight excluding hydrogens is 192 g/mol. The summed E-state index contributed by atoms with van der Waals surface area (Å²) in [6.07, 6.45) is -1.50. The molecule has 0 saturated carbocycles.